The van der Waals surface area contributed by atoms with Gasteiger partial charge in [0.05, 0.1) is 5.56 Å². The second kappa shape index (κ2) is 6.88. The predicted octanol–water partition coefficient (Wildman–Crippen LogP) is 4.56. The van der Waals surface area contributed by atoms with Gasteiger partial charge in [-0.2, -0.15) is 4.98 Å². The van der Waals surface area contributed by atoms with Gasteiger partial charge in [-0.3, -0.25) is 4.79 Å². The van der Waals surface area contributed by atoms with Crippen LogP contribution in [-0.2, 0) is 13.0 Å². The van der Waals surface area contributed by atoms with E-state index in [0.29, 0.717) is 5.56 Å². The molecule has 0 aliphatic heterocycles. The van der Waals surface area contributed by atoms with Crippen LogP contribution in [0.5, 0.6) is 0 Å². The number of rotatable bonds is 4. The molecule has 0 atom stereocenters. The SMILES string of the molecule is Cc1ccc2[nH]cc(CCn3c(C)nc(=O)c(-c4ccccc4)c3C)c2c1. The molecule has 4 rings (SSSR count). The maximum atomic E-state index is 12.5. The van der Waals surface area contributed by atoms with E-state index in [-0.39, 0.29) is 5.56 Å². The van der Waals surface area contributed by atoms with Crippen LogP contribution in [0.15, 0.2) is 59.5 Å². The number of H-pyrrole nitrogens is 1. The number of nitrogens with one attached hydrogen (secondary N) is 1. The van der Waals surface area contributed by atoms with Gasteiger partial charge in [-0.1, -0.05) is 42.0 Å². The van der Waals surface area contributed by atoms with Crippen LogP contribution in [0, 0.1) is 20.8 Å². The minimum atomic E-state index is -0.157. The molecule has 0 fully saturated rings. The normalized spacial score (nSPS) is 11.2. The lowest BCUT2D eigenvalue weighted by Crippen LogP contribution is -2.21. The van der Waals surface area contributed by atoms with Gasteiger partial charge in [-0.15, -0.1) is 0 Å². The van der Waals surface area contributed by atoms with Gasteiger partial charge < -0.3 is 9.55 Å². The molecule has 2 aromatic carbocycles. The standard InChI is InChI=1S/C23H23N3O/c1-15-9-10-21-20(13-15)19(14-24-21)11-12-26-16(2)22(23(27)25-17(26)3)18-7-5-4-6-8-18/h4-10,13-14,24H,11-12H2,1-3H3. The third kappa shape index (κ3) is 3.19. The fourth-order valence-corrected chi connectivity index (χ4v) is 3.79. The molecule has 0 saturated carbocycles. The molecule has 2 aromatic heterocycles. The van der Waals surface area contributed by atoms with E-state index in [0.717, 1.165) is 35.6 Å². The van der Waals surface area contributed by atoms with Crippen molar-refractivity contribution in [3.8, 4) is 11.1 Å². The average Bonchev–Trinajstić information content (AvgIpc) is 3.04. The van der Waals surface area contributed by atoms with Crippen molar-refractivity contribution in [2.75, 3.05) is 0 Å². The minimum Gasteiger partial charge on any atom is -0.361 e. The first-order valence-corrected chi connectivity index (χ1v) is 9.24. The molecule has 0 aliphatic carbocycles. The summed E-state index contributed by atoms with van der Waals surface area (Å²) in [7, 11) is 0. The summed E-state index contributed by atoms with van der Waals surface area (Å²) in [6, 6.07) is 16.3. The summed E-state index contributed by atoms with van der Waals surface area (Å²) in [6.07, 6.45) is 2.97. The third-order valence-corrected chi connectivity index (χ3v) is 5.22. The average molecular weight is 357 g/mol. The van der Waals surface area contributed by atoms with Crippen molar-refractivity contribution in [1.29, 1.82) is 0 Å². The Bertz CT molecular complexity index is 1170. The van der Waals surface area contributed by atoms with Crippen LogP contribution < -0.4 is 5.56 Å². The fourth-order valence-electron chi connectivity index (χ4n) is 3.79. The largest absolute Gasteiger partial charge is 0.361 e. The molecule has 4 heteroatoms. The number of aromatic amines is 1. The third-order valence-electron chi connectivity index (χ3n) is 5.22. The zero-order valence-corrected chi connectivity index (χ0v) is 15.9. The topological polar surface area (TPSA) is 50.7 Å². The number of aryl methyl sites for hydroxylation is 3. The summed E-state index contributed by atoms with van der Waals surface area (Å²) >= 11 is 0. The molecule has 2 heterocycles. The number of fused-ring (bicyclic) bond motifs is 1. The van der Waals surface area contributed by atoms with Gasteiger partial charge in [-0.05, 0) is 50.5 Å². The van der Waals surface area contributed by atoms with E-state index in [4.69, 9.17) is 0 Å². The van der Waals surface area contributed by atoms with Crippen molar-refractivity contribution < 1.29 is 0 Å². The Morgan fingerprint density at radius 3 is 2.59 bits per heavy atom. The first-order valence-electron chi connectivity index (χ1n) is 9.24. The van der Waals surface area contributed by atoms with Gasteiger partial charge in [0, 0.05) is 29.3 Å². The lowest BCUT2D eigenvalue weighted by molar-refractivity contribution is 0.631. The van der Waals surface area contributed by atoms with E-state index in [1.165, 1.54) is 16.5 Å². The highest BCUT2D eigenvalue weighted by atomic mass is 16.1. The van der Waals surface area contributed by atoms with Gasteiger partial charge in [0.1, 0.15) is 5.82 Å². The monoisotopic (exact) mass is 357 g/mol. The van der Waals surface area contributed by atoms with E-state index in [9.17, 15) is 4.79 Å². The second-order valence-corrected chi connectivity index (χ2v) is 7.06. The highest BCUT2D eigenvalue weighted by Crippen LogP contribution is 2.23. The lowest BCUT2D eigenvalue weighted by atomic mass is 10.0. The Morgan fingerprint density at radius 2 is 1.81 bits per heavy atom. The molecule has 4 aromatic rings. The summed E-state index contributed by atoms with van der Waals surface area (Å²) in [5.74, 6) is 0.758. The highest BCUT2D eigenvalue weighted by Gasteiger charge is 2.14. The molecule has 1 N–H and O–H groups in total. The van der Waals surface area contributed by atoms with Crippen molar-refractivity contribution in [3.63, 3.8) is 0 Å². The Balaban J connectivity index is 1.72. The van der Waals surface area contributed by atoms with Gasteiger partial charge >= 0.3 is 0 Å². The van der Waals surface area contributed by atoms with Crippen molar-refractivity contribution in [2.24, 2.45) is 0 Å². The summed E-state index contributed by atoms with van der Waals surface area (Å²) in [5, 5.41) is 1.27. The fraction of sp³-hybridized carbons (Fsp3) is 0.217. The zero-order valence-electron chi connectivity index (χ0n) is 15.9. The highest BCUT2D eigenvalue weighted by molar-refractivity contribution is 5.83. The van der Waals surface area contributed by atoms with Crippen molar-refractivity contribution in [2.45, 2.75) is 33.7 Å². The van der Waals surface area contributed by atoms with Gasteiger partial charge in [0.15, 0.2) is 0 Å². The number of hydrogen-bond acceptors (Lipinski definition) is 2. The summed E-state index contributed by atoms with van der Waals surface area (Å²) in [5.41, 5.74) is 6.12. The van der Waals surface area contributed by atoms with Crippen molar-refractivity contribution >= 4 is 10.9 Å². The summed E-state index contributed by atoms with van der Waals surface area (Å²) in [6.45, 7) is 6.81. The zero-order chi connectivity index (χ0) is 19.0. The molecule has 4 nitrogen and oxygen atoms in total. The van der Waals surface area contributed by atoms with E-state index >= 15 is 0 Å². The van der Waals surface area contributed by atoms with Crippen LogP contribution >= 0.6 is 0 Å². The van der Waals surface area contributed by atoms with E-state index in [1.807, 2.05) is 44.2 Å². The van der Waals surface area contributed by atoms with Crippen LogP contribution in [-0.4, -0.2) is 14.5 Å². The molecule has 0 unspecified atom stereocenters. The maximum absolute atomic E-state index is 12.5. The van der Waals surface area contributed by atoms with Gasteiger partial charge in [0.25, 0.3) is 5.56 Å². The molecule has 0 aliphatic rings. The molecular formula is C23H23N3O. The Hall–Kier alpha value is -3.14. The van der Waals surface area contributed by atoms with E-state index < -0.39 is 0 Å². The predicted molar refractivity (Wildman–Crippen MR) is 110 cm³/mol. The summed E-state index contributed by atoms with van der Waals surface area (Å²) in [4.78, 5) is 20.2. The Morgan fingerprint density at radius 1 is 1.04 bits per heavy atom. The van der Waals surface area contributed by atoms with Crippen LogP contribution in [0.25, 0.3) is 22.0 Å². The maximum Gasteiger partial charge on any atom is 0.281 e. The van der Waals surface area contributed by atoms with E-state index in [2.05, 4.69) is 45.9 Å². The van der Waals surface area contributed by atoms with Crippen molar-refractivity contribution in [3.05, 3.63) is 87.7 Å². The molecule has 0 amide bonds. The quantitative estimate of drug-likeness (QED) is 0.582. The van der Waals surface area contributed by atoms with Crippen LogP contribution in [0.4, 0.5) is 0 Å². The molecule has 27 heavy (non-hydrogen) atoms. The number of hydrogen-bond donors (Lipinski definition) is 1. The summed E-state index contributed by atoms with van der Waals surface area (Å²) < 4.78 is 2.15. The Labute approximate surface area is 158 Å². The molecule has 0 saturated heterocycles. The molecule has 0 radical (unpaired) electrons. The van der Waals surface area contributed by atoms with Crippen LogP contribution in [0.2, 0.25) is 0 Å². The first-order chi connectivity index (χ1) is 13.0. The van der Waals surface area contributed by atoms with Crippen LogP contribution in [0.1, 0.15) is 22.6 Å². The van der Waals surface area contributed by atoms with Crippen molar-refractivity contribution in [1.82, 2.24) is 14.5 Å². The second-order valence-electron chi connectivity index (χ2n) is 7.06. The first kappa shape index (κ1) is 17.3. The molecule has 136 valence electrons. The smallest absolute Gasteiger partial charge is 0.281 e. The van der Waals surface area contributed by atoms with Crippen LogP contribution in [0.3, 0.4) is 0 Å². The molecule has 0 spiro atoms. The van der Waals surface area contributed by atoms with E-state index in [1.54, 1.807) is 0 Å². The number of nitrogens with zero attached hydrogens (tertiary/aromatic N) is 2. The molecular weight excluding hydrogens is 334 g/mol. The molecule has 0 bridgehead atoms. The van der Waals surface area contributed by atoms with Gasteiger partial charge in [0.2, 0.25) is 0 Å². The minimum absolute atomic E-state index is 0.157. The van der Waals surface area contributed by atoms with Gasteiger partial charge in [-0.25, -0.2) is 0 Å². The number of aromatic nitrogens is 3. The lowest BCUT2D eigenvalue weighted by Gasteiger charge is -2.17. The number of benzene rings is 2. The Kier molecular flexibility index (Phi) is 4.40.